The van der Waals surface area contributed by atoms with E-state index in [0.717, 1.165) is 5.56 Å². The Balaban J connectivity index is 0.00000400. The first-order chi connectivity index (χ1) is 9.31. The summed E-state index contributed by atoms with van der Waals surface area (Å²) in [5.74, 6) is 0.0523. The molecule has 1 aromatic rings. The first-order valence-corrected chi connectivity index (χ1v) is 8.97. The second-order valence-corrected chi connectivity index (χ2v) is 7.11. The number of aryl methyl sites for hydroxylation is 2. The van der Waals surface area contributed by atoms with Crippen LogP contribution in [0.15, 0.2) is 17.0 Å². The molecule has 0 aliphatic rings. The Morgan fingerprint density at radius 2 is 2.00 bits per heavy atom. The number of hydrogen-bond donors (Lipinski definition) is 1. The fourth-order valence-corrected chi connectivity index (χ4v) is 3.76. The van der Waals surface area contributed by atoms with Crippen LogP contribution < -0.4 is 39.0 Å². The van der Waals surface area contributed by atoms with Crippen molar-refractivity contribution in [1.29, 1.82) is 0 Å². The van der Waals surface area contributed by atoms with E-state index in [1.54, 1.807) is 42.5 Å². The van der Waals surface area contributed by atoms with Crippen molar-refractivity contribution < 1.29 is 61.9 Å². The fraction of sp³-hybridized carbons (Fsp3) is 0.400. The van der Waals surface area contributed by atoms with Crippen molar-refractivity contribution in [1.82, 2.24) is 0 Å². The topological polar surface area (TPSA) is 105 Å². The van der Waals surface area contributed by atoms with Crippen molar-refractivity contribution in [2.75, 3.05) is 4.43 Å². The first-order valence-electron chi connectivity index (χ1n) is 5.23. The number of benzene rings is 1. The average molecular weight is 458 g/mol. The van der Waals surface area contributed by atoms with Crippen LogP contribution in [0.1, 0.15) is 11.1 Å². The molecule has 114 valence electrons. The van der Waals surface area contributed by atoms with Crippen molar-refractivity contribution in [3.8, 4) is 5.75 Å². The molecule has 0 fully saturated rings. The molecule has 0 radical (unpaired) electrons. The zero-order valence-electron chi connectivity index (χ0n) is 11.5. The minimum atomic E-state index is -4.13. The van der Waals surface area contributed by atoms with Crippen LogP contribution in [-0.4, -0.2) is 23.4 Å². The molecule has 0 aliphatic heterocycles. The number of hydrogen-bond acceptors (Lipinski definition) is 8. The molecule has 0 amide bonds. The maximum Gasteiger partial charge on any atom is 1.00 e. The van der Waals surface area contributed by atoms with E-state index in [4.69, 9.17) is 4.18 Å². The third-order valence-electron chi connectivity index (χ3n) is 2.30. The van der Waals surface area contributed by atoms with Gasteiger partial charge in [-0.2, -0.15) is 12.8 Å². The van der Waals surface area contributed by atoms with Crippen LogP contribution >= 0.6 is 34.6 Å². The average Bonchev–Trinajstić information content (AvgIpc) is 2.39. The molecule has 0 aliphatic carbocycles. The number of aliphatic hydroxyl groups is 1. The van der Waals surface area contributed by atoms with E-state index >= 15 is 0 Å². The van der Waals surface area contributed by atoms with Crippen LogP contribution in [0.5, 0.6) is 5.75 Å². The SMILES string of the molecule is Cc1cc(C)c(SOO[O-])cc1OS(=O)(=O)C(O)CI.[Na+]. The number of halogens is 1. The molecule has 1 N–H and O–H groups in total. The van der Waals surface area contributed by atoms with E-state index in [-0.39, 0.29) is 39.7 Å². The third kappa shape index (κ3) is 6.49. The van der Waals surface area contributed by atoms with Gasteiger partial charge in [0.15, 0.2) is 0 Å². The maximum absolute atomic E-state index is 11.7. The van der Waals surface area contributed by atoms with Crippen molar-refractivity contribution in [3.05, 3.63) is 23.3 Å². The van der Waals surface area contributed by atoms with Crippen molar-refractivity contribution in [3.63, 3.8) is 0 Å². The van der Waals surface area contributed by atoms with Gasteiger partial charge in [0.1, 0.15) is 5.75 Å². The van der Waals surface area contributed by atoms with Gasteiger partial charge < -0.3 is 14.5 Å². The van der Waals surface area contributed by atoms with Gasteiger partial charge in [-0.1, -0.05) is 28.7 Å². The normalized spacial score (nSPS) is 12.6. The molecule has 0 saturated heterocycles. The largest absolute Gasteiger partial charge is 1.00 e. The molecule has 7 nitrogen and oxygen atoms in total. The molecule has 0 saturated carbocycles. The molecule has 1 unspecified atom stereocenters. The Bertz CT molecular complexity index is 567. The second-order valence-electron chi connectivity index (χ2n) is 3.79. The Morgan fingerprint density at radius 3 is 2.52 bits per heavy atom. The quantitative estimate of drug-likeness (QED) is 0.0952. The number of aliphatic hydroxyl groups excluding tert-OH is 1. The summed E-state index contributed by atoms with van der Waals surface area (Å²) in [7, 11) is -4.13. The van der Waals surface area contributed by atoms with E-state index in [2.05, 4.69) is 9.37 Å². The minimum Gasteiger partial charge on any atom is -0.691 e. The predicted molar refractivity (Wildman–Crippen MR) is 78.4 cm³/mol. The monoisotopic (exact) mass is 458 g/mol. The second kappa shape index (κ2) is 9.90. The molecule has 1 atom stereocenters. The molecular formula is C10H12INaO7S2. The van der Waals surface area contributed by atoms with E-state index in [1.165, 1.54) is 6.07 Å². The van der Waals surface area contributed by atoms with E-state index in [1.807, 2.05) is 0 Å². The van der Waals surface area contributed by atoms with Gasteiger partial charge in [-0.3, -0.25) is 5.04 Å². The van der Waals surface area contributed by atoms with Crippen molar-refractivity contribution >= 4 is 44.8 Å². The Hall–Kier alpha value is 0.890. The van der Waals surface area contributed by atoms with Gasteiger partial charge in [0.25, 0.3) is 0 Å². The van der Waals surface area contributed by atoms with Crippen LogP contribution in [0.4, 0.5) is 0 Å². The molecule has 0 aromatic heterocycles. The van der Waals surface area contributed by atoms with Gasteiger partial charge >= 0.3 is 39.7 Å². The van der Waals surface area contributed by atoms with Crippen LogP contribution in [0, 0.1) is 13.8 Å². The summed E-state index contributed by atoms with van der Waals surface area (Å²) in [5.41, 5.74) is -0.288. The minimum absolute atomic E-state index is 0. The van der Waals surface area contributed by atoms with Crippen molar-refractivity contribution in [2.45, 2.75) is 24.2 Å². The fourth-order valence-electron chi connectivity index (χ4n) is 1.30. The summed E-state index contributed by atoms with van der Waals surface area (Å²) in [4.78, 5) is 0.459. The van der Waals surface area contributed by atoms with Crippen LogP contribution in [-0.2, 0) is 19.5 Å². The van der Waals surface area contributed by atoms with Crippen molar-refractivity contribution in [2.24, 2.45) is 0 Å². The summed E-state index contributed by atoms with van der Waals surface area (Å²) in [6.07, 6.45) is 0. The molecule has 11 heteroatoms. The molecule has 0 spiro atoms. The summed E-state index contributed by atoms with van der Waals surface area (Å²) >= 11 is 2.37. The summed E-state index contributed by atoms with van der Waals surface area (Å²) in [6.45, 7) is 3.41. The zero-order chi connectivity index (χ0) is 15.3. The third-order valence-corrected chi connectivity index (χ3v) is 5.72. The first kappa shape index (κ1) is 21.9. The maximum atomic E-state index is 11.7. The van der Waals surface area contributed by atoms with E-state index < -0.39 is 15.6 Å². The molecule has 1 aromatic carbocycles. The standard InChI is InChI=1S/C10H13IO7S2.Na/c1-6-3-7(2)9(19-18-17-13)4-8(6)16-20(14,15)10(12)5-11;/h3-4,10,12-13H,5H2,1-2H3;/q;+1/p-1. The predicted octanol–water partition coefficient (Wildman–Crippen LogP) is -2.00. The van der Waals surface area contributed by atoms with Gasteiger partial charge in [0, 0.05) is 9.32 Å². The molecule has 0 heterocycles. The van der Waals surface area contributed by atoms with Crippen LogP contribution in [0.2, 0.25) is 0 Å². The number of rotatable bonds is 7. The Morgan fingerprint density at radius 1 is 1.38 bits per heavy atom. The zero-order valence-corrected chi connectivity index (χ0v) is 17.3. The summed E-state index contributed by atoms with van der Waals surface area (Å²) < 4.78 is 32.5. The van der Waals surface area contributed by atoms with Gasteiger partial charge in [-0.15, -0.1) is 0 Å². The van der Waals surface area contributed by atoms with Gasteiger partial charge in [0.2, 0.25) is 5.44 Å². The van der Waals surface area contributed by atoms with Crippen LogP contribution in [0.25, 0.3) is 0 Å². The Kier molecular flexibility index (Phi) is 10.3. The van der Waals surface area contributed by atoms with E-state index in [9.17, 15) is 18.8 Å². The van der Waals surface area contributed by atoms with Gasteiger partial charge in [-0.05, 0) is 31.0 Å². The van der Waals surface area contributed by atoms with Gasteiger partial charge in [0.05, 0.1) is 12.0 Å². The van der Waals surface area contributed by atoms with E-state index in [0.29, 0.717) is 22.5 Å². The molecular weight excluding hydrogens is 446 g/mol. The Labute approximate surface area is 163 Å². The molecule has 21 heavy (non-hydrogen) atoms. The summed E-state index contributed by atoms with van der Waals surface area (Å²) in [6, 6.07) is 3.06. The number of alkyl halides is 1. The van der Waals surface area contributed by atoms with Gasteiger partial charge in [-0.25, -0.2) is 0 Å². The molecule has 1 rings (SSSR count). The molecule has 0 bridgehead atoms. The van der Waals surface area contributed by atoms with Crippen LogP contribution in [0.3, 0.4) is 0 Å². The smallest absolute Gasteiger partial charge is 0.691 e. The summed E-state index contributed by atoms with van der Waals surface area (Å²) in [5, 5.41) is 22.5.